The quantitative estimate of drug-likeness (QED) is 0.435. The van der Waals surface area contributed by atoms with E-state index in [1.807, 2.05) is 16.5 Å². The van der Waals surface area contributed by atoms with Crippen molar-refractivity contribution >= 4 is 0 Å². The summed E-state index contributed by atoms with van der Waals surface area (Å²) in [4.78, 5) is 0. The van der Waals surface area contributed by atoms with Crippen molar-refractivity contribution in [2.45, 2.75) is 0 Å². The van der Waals surface area contributed by atoms with E-state index >= 15 is 0 Å². The summed E-state index contributed by atoms with van der Waals surface area (Å²) in [5.74, 6) is 0. The molecule has 0 heterocycles. The summed E-state index contributed by atoms with van der Waals surface area (Å²) in [5, 5.41) is 0. The number of rotatable bonds is 0. The first-order valence-corrected chi connectivity index (χ1v) is 5.96. The van der Waals surface area contributed by atoms with E-state index in [0.717, 1.165) is 0 Å². The minimum absolute atomic E-state index is 0. The molecule has 0 aliphatic carbocycles. The Hall–Kier alpha value is 3.06. The van der Waals surface area contributed by atoms with E-state index in [-0.39, 0.29) is 53.0 Å². The van der Waals surface area contributed by atoms with Crippen LogP contribution in [0.2, 0.25) is 0 Å². The van der Waals surface area contributed by atoms with Gasteiger partial charge in [-0.15, -0.1) is 0 Å². The van der Waals surface area contributed by atoms with Gasteiger partial charge in [-0.05, 0) is 0 Å². The molecule has 0 radical (unpaired) electrons. The van der Waals surface area contributed by atoms with E-state index in [0.29, 0.717) is 0 Å². The molecule has 0 nitrogen and oxygen atoms in total. The topological polar surface area (TPSA) is 0 Å². The first kappa shape index (κ1) is 24.4. The first-order valence-electron chi connectivity index (χ1n) is 0.123. The van der Waals surface area contributed by atoms with Crippen LogP contribution in [0.4, 0.5) is 0 Å². The van der Waals surface area contributed by atoms with Gasteiger partial charge in [0.05, 0.1) is 0 Å². The molecule has 0 unspecified atom stereocenters. The predicted octanol–water partition coefficient (Wildman–Crippen LogP) is -0.0125. The van der Waals surface area contributed by atoms with Gasteiger partial charge < -0.3 is 0 Å². The molecule has 0 aromatic carbocycles. The first-order chi connectivity index (χ1) is 1.00. The third-order valence-electron chi connectivity index (χ3n) is 0. The van der Waals surface area contributed by atoms with Crippen molar-refractivity contribution in [3.8, 4) is 0 Å². The molecular formula is AuFeMoNiZn. The SMILES string of the molecule is [Fe].[Mo][Au].[Ni].[Zn]. The van der Waals surface area contributed by atoms with E-state index in [2.05, 4.69) is 18.0 Å². The zero-order valence-electron chi connectivity index (χ0n) is 2.09. The Morgan fingerprint density at radius 2 is 1.20 bits per heavy atom. The van der Waals surface area contributed by atoms with Gasteiger partial charge in [-0.1, -0.05) is 0 Å². The predicted molar refractivity (Wildman–Crippen MR) is 0 cm³/mol. The van der Waals surface area contributed by atoms with Crippen LogP contribution in [0.1, 0.15) is 0 Å². The molecule has 5 heteroatoms. The number of hydrogen-bond acceptors (Lipinski definition) is 0. The zero-order valence-corrected chi connectivity index (χ0v) is 11.3. The van der Waals surface area contributed by atoms with Crippen LogP contribution in [0, 0.1) is 0 Å². The smallest absolute Gasteiger partial charge is 0 e. The van der Waals surface area contributed by atoms with Crippen LogP contribution >= 0.6 is 0 Å². The summed E-state index contributed by atoms with van der Waals surface area (Å²) in [5.41, 5.74) is 0. The van der Waals surface area contributed by atoms with Gasteiger partial charge in [0, 0.05) is 53.0 Å². The molecule has 37 valence electrons. The Morgan fingerprint density at radius 1 is 1.20 bits per heavy atom. The van der Waals surface area contributed by atoms with Crippen LogP contribution in [0.15, 0.2) is 0 Å². The second-order valence-corrected chi connectivity index (χ2v) is 0. The van der Waals surface area contributed by atoms with E-state index in [9.17, 15) is 0 Å². The summed E-state index contributed by atoms with van der Waals surface area (Å²) in [6.07, 6.45) is 0. The Morgan fingerprint density at radius 3 is 1.20 bits per heavy atom. The van der Waals surface area contributed by atoms with E-state index in [1.165, 1.54) is 0 Å². The molecule has 0 atom stereocenters. The van der Waals surface area contributed by atoms with Crippen molar-refractivity contribution in [2.75, 3.05) is 0 Å². The van der Waals surface area contributed by atoms with Gasteiger partial charge in [-0.3, -0.25) is 0 Å². The third kappa shape index (κ3) is 19.3. The number of hydrogen-bond donors (Lipinski definition) is 0. The standard InChI is InChI=1S/Au.Fe.Mo.Ni.Zn. The molecule has 0 saturated heterocycles. The maximum absolute atomic E-state index is 2.29. The monoisotopic (exact) mass is 473 g/mol. The van der Waals surface area contributed by atoms with Gasteiger partial charge in [0.15, 0.2) is 0 Å². The van der Waals surface area contributed by atoms with Crippen LogP contribution < -0.4 is 0 Å². The molecule has 0 N–H and O–H groups in total. The fraction of sp³-hybridized carbons (Fsp3) is 0. The zero-order chi connectivity index (χ0) is 2.00. The maximum atomic E-state index is 2.29. The van der Waals surface area contributed by atoms with Crippen molar-refractivity contribution < 1.29 is 87.5 Å². The Bertz CT molecular complexity index is 11.6. The average Bonchev–Trinajstić information content (AvgIpc) is 1.00. The Labute approximate surface area is 85.9 Å². The van der Waals surface area contributed by atoms with Crippen LogP contribution in [-0.2, 0) is 87.5 Å². The minimum Gasteiger partial charge on any atom is 0 e. The molecule has 0 bridgehead atoms. The minimum atomic E-state index is 0. The van der Waals surface area contributed by atoms with Crippen LogP contribution in [0.25, 0.3) is 0 Å². The molecule has 0 rings (SSSR count). The van der Waals surface area contributed by atoms with Crippen LogP contribution in [0.3, 0.4) is 0 Å². The molecule has 5 heavy (non-hydrogen) atoms. The maximum Gasteiger partial charge on any atom is 0 e. The average molecular weight is 473 g/mol. The molecule has 0 aliphatic heterocycles. The van der Waals surface area contributed by atoms with Crippen molar-refractivity contribution in [1.29, 1.82) is 0 Å². The van der Waals surface area contributed by atoms with Gasteiger partial charge in [-0.2, -0.15) is 0 Å². The second kappa shape index (κ2) is 27.7. The van der Waals surface area contributed by atoms with Crippen LogP contribution in [0.5, 0.6) is 0 Å². The largest absolute Gasteiger partial charge is 0 e. The van der Waals surface area contributed by atoms with Crippen molar-refractivity contribution in [2.24, 2.45) is 0 Å². The molecule has 0 amide bonds. The molecule has 0 saturated carbocycles. The van der Waals surface area contributed by atoms with Gasteiger partial charge in [0.1, 0.15) is 0 Å². The normalized spacial score (nSPS) is 1.20. The van der Waals surface area contributed by atoms with Gasteiger partial charge in [0.2, 0.25) is 0 Å². The summed E-state index contributed by atoms with van der Waals surface area (Å²) in [6.45, 7) is 0. The Balaban J connectivity index is -0.00000000167. The van der Waals surface area contributed by atoms with Gasteiger partial charge in [0.25, 0.3) is 0 Å². The van der Waals surface area contributed by atoms with E-state index in [1.54, 1.807) is 0 Å². The van der Waals surface area contributed by atoms with Crippen molar-refractivity contribution in [1.82, 2.24) is 0 Å². The van der Waals surface area contributed by atoms with Gasteiger partial charge >= 0.3 is 34.5 Å². The molecule has 0 spiro atoms. The summed E-state index contributed by atoms with van der Waals surface area (Å²) >= 11 is 4.18. The van der Waals surface area contributed by atoms with E-state index < -0.39 is 0 Å². The fourth-order valence-corrected chi connectivity index (χ4v) is 0. The molecular weight excluding hydrogens is 473 g/mol. The summed E-state index contributed by atoms with van der Waals surface area (Å²) in [7, 11) is 0. The second-order valence-electron chi connectivity index (χ2n) is 0. The molecule has 0 aromatic rings. The fourth-order valence-electron chi connectivity index (χ4n) is 0. The van der Waals surface area contributed by atoms with E-state index in [4.69, 9.17) is 0 Å². The van der Waals surface area contributed by atoms with Gasteiger partial charge in [-0.25, -0.2) is 0 Å². The van der Waals surface area contributed by atoms with Crippen LogP contribution in [-0.4, -0.2) is 0 Å². The summed E-state index contributed by atoms with van der Waals surface area (Å²) < 4.78 is 0. The molecule has 0 fully saturated rings. The molecule has 0 aromatic heterocycles. The molecule has 0 aliphatic rings. The summed E-state index contributed by atoms with van der Waals surface area (Å²) in [6, 6.07) is 0. The third-order valence-corrected chi connectivity index (χ3v) is 0. The Kier molecular flexibility index (Phi) is 135. The van der Waals surface area contributed by atoms with Crippen molar-refractivity contribution in [3.63, 3.8) is 0 Å². The van der Waals surface area contributed by atoms with Crippen molar-refractivity contribution in [3.05, 3.63) is 0 Å².